The predicted molar refractivity (Wildman–Crippen MR) is 87.1 cm³/mol. The summed E-state index contributed by atoms with van der Waals surface area (Å²) in [4.78, 5) is 30.2. The van der Waals surface area contributed by atoms with E-state index in [1.165, 1.54) is 0 Å². The number of carbonyl (C=O) groups is 2. The van der Waals surface area contributed by atoms with Gasteiger partial charge < -0.3 is 20.7 Å². The number of carboxylic acids is 1. The number of H-pyrrole nitrogens is 1. The van der Waals surface area contributed by atoms with E-state index in [-0.39, 0.29) is 24.4 Å². The van der Waals surface area contributed by atoms with Crippen molar-refractivity contribution in [3.8, 4) is 0 Å². The van der Waals surface area contributed by atoms with Crippen LogP contribution in [0.25, 0.3) is 11.0 Å². The maximum atomic E-state index is 12.0. The monoisotopic (exact) mass is 318 g/mol. The van der Waals surface area contributed by atoms with E-state index < -0.39 is 5.97 Å². The highest BCUT2D eigenvalue weighted by Gasteiger charge is 2.21. The third-order valence-electron chi connectivity index (χ3n) is 3.51. The molecule has 1 aromatic heterocycles. The fraction of sp³-hybridized carbons (Fsp3) is 0.438. The molecule has 0 bridgehead atoms. The largest absolute Gasteiger partial charge is 0.481 e. The van der Waals surface area contributed by atoms with Crippen molar-refractivity contribution in [3.05, 3.63) is 30.1 Å². The Morgan fingerprint density at radius 3 is 2.70 bits per heavy atom. The molecular formula is C16H22N4O3. The number of imidazole rings is 1. The molecule has 2 rings (SSSR count). The van der Waals surface area contributed by atoms with Crippen LogP contribution in [0.15, 0.2) is 24.3 Å². The molecule has 2 amide bonds. The van der Waals surface area contributed by atoms with Gasteiger partial charge in [0.15, 0.2) is 0 Å². The average molecular weight is 318 g/mol. The molecule has 1 aromatic carbocycles. The highest BCUT2D eigenvalue weighted by molar-refractivity contribution is 5.76. The molecule has 0 saturated carbocycles. The molecule has 7 nitrogen and oxygen atoms in total. The van der Waals surface area contributed by atoms with E-state index in [9.17, 15) is 9.59 Å². The number of rotatable bonds is 7. The van der Waals surface area contributed by atoms with Gasteiger partial charge in [-0.05, 0) is 24.5 Å². The molecule has 1 unspecified atom stereocenters. The summed E-state index contributed by atoms with van der Waals surface area (Å²) in [6.07, 6.45) is 0.442. The lowest BCUT2D eigenvalue weighted by atomic mass is 10.0. The van der Waals surface area contributed by atoms with Crippen LogP contribution in [0.3, 0.4) is 0 Å². The number of nitrogens with one attached hydrogen (secondary N) is 3. The topological polar surface area (TPSA) is 107 Å². The number of nitrogens with zero attached hydrogens (tertiary/aromatic N) is 1. The number of urea groups is 1. The first-order chi connectivity index (χ1) is 11.0. The van der Waals surface area contributed by atoms with E-state index in [1.54, 1.807) is 0 Å². The SMILES string of the molecule is CC(C)C(NC(=O)NCCCC(=O)O)c1nc2ccccc2[nH]1. The van der Waals surface area contributed by atoms with Crippen molar-refractivity contribution in [2.24, 2.45) is 5.92 Å². The van der Waals surface area contributed by atoms with E-state index in [0.717, 1.165) is 11.0 Å². The van der Waals surface area contributed by atoms with Gasteiger partial charge in [0.2, 0.25) is 0 Å². The van der Waals surface area contributed by atoms with Crippen molar-refractivity contribution < 1.29 is 14.7 Å². The Morgan fingerprint density at radius 2 is 2.04 bits per heavy atom. The summed E-state index contributed by atoms with van der Waals surface area (Å²) < 4.78 is 0. The number of aromatic nitrogens is 2. The Kier molecular flexibility index (Phi) is 5.56. The van der Waals surface area contributed by atoms with E-state index in [4.69, 9.17) is 5.11 Å². The molecule has 124 valence electrons. The number of aliphatic carboxylic acids is 1. The zero-order chi connectivity index (χ0) is 16.8. The second-order valence-electron chi connectivity index (χ2n) is 5.76. The average Bonchev–Trinajstić information content (AvgIpc) is 2.92. The van der Waals surface area contributed by atoms with Gasteiger partial charge in [0.05, 0.1) is 17.1 Å². The van der Waals surface area contributed by atoms with Gasteiger partial charge in [0, 0.05) is 13.0 Å². The van der Waals surface area contributed by atoms with Crippen molar-refractivity contribution in [1.29, 1.82) is 0 Å². The number of amides is 2. The maximum absolute atomic E-state index is 12.0. The first kappa shape index (κ1) is 16.8. The first-order valence-electron chi connectivity index (χ1n) is 7.68. The highest BCUT2D eigenvalue weighted by atomic mass is 16.4. The first-order valence-corrected chi connectivity index (χ1v) is 7.68. The fourth-order valence-electron chi connectivity index (χ4n) is 2.30. The molecular weight excluding hydrogens is 296 g/mol. The Hall–Kier alpha value is -2.57. The molecule has 23 heavy (non-hydrogen) atoms. The number of hydrogen-bond acceptors (Lipinski definition) is 3. The number of carbonyl (C=O) groups excluding carboxylic acids is 1. The van der Waals surface area contributed by atoms with Crippen molar-refractivity contribution >= 4 is 23.0 Å². The summed E-state index contributed by atoms with van der Waals surface area (Å²) in [6.45, 7) is 4.33. The predicted octanol–water partition coefficient (Wildman–Crippen LogP) is 2.42. The van der Waals surface area contributed by atoms with Gasteiger partial charge in [0.1, 0.15) is 5.82 Å². The molecule has 1 heterocycles. The maximum Gasteiger partial charge on any atom is 0.315 e. The molecule has 0 saturated heterocycles. The second-order valence-corrected chi connectivity index (χ2v) is 5.76. The lowest BCUT2D eigenvalue weighted by Crippen LogP contribution is -2.40. The number of fused-ring (bicyclic) bond motifs is 1. The Labute approximate surface area is 134 Å². The van der Waals surface area contributed by atoms with Crippen molar-refractivity contribution in [1.82, 2.24) is 20.6 Å². The van der Waals surface area contributed by atoms with Crippen LogP contribution < -0.4 is 10.6 Å². The normalized spacial score (nSPS) is 12.3. The standard InChI is InChI=1S/C16H22N4O3/c1-10(2)14(20-16(23)17-9-5-8-13(21)22)15-18-11-6-3-4-7-12(11)19-15/h3-4,6-7,10,14H,5,8-9H2,1-2H3,(H,18,19)(H,21,22)(H2,17,20,23). The van der Waals surface area contributed by atoms with Gasteiger partial charge in [0.25, 0.3) is 0 Å². The van der Waals surface area contributed by atoms with Crippen molar-refractivity contribution in [2.75, 3.05) is 6.54 Å². The third-order valence-corrected chi connectivity index (χ3v) is 3.51. The molecule has 0 radical (unpaired) electrons. The van der Waals surface area contributed by atoms with Crippen LogP contribution in [0.2, 0.25) is 0 Å². The van der Waals surface area contributed by atoms with Gasteiger partial charge in [-0.2, -0.15) is 0 Å². The van der Waals surface area contributed by atoms with E-state index in [2.05, 4.69) is 20.6 Å². The summed E-state index contributed by atoms with van der Waals surface area (Å²) in [5, 5.41) is 14.1. The minimum atomic E-state index is -0.866. The van der Waals surface area contributed by atoms with Gasteiger partial charge >= 0.3 is 12.0 Å². The Bertz CT molecular complexity index is 648. The van der Waals surface area contributed by atoms with Crippen LogP contribution in [0, 0.1) is 5.92 Å². The molecule has 2 aromatic rings. The van der Waals surface area contributed by atoms with Gasteiger partial charge in [-0.1, -0.05) is 26.0 Å². The van der Waals surface area contributed by atoms with Gasteiger partial charge in [-0.15, -0.1) is 0 Å². The molecule has 0 spiro atoms. The fourth-order valence-corrected chi connectivity index (χ4v) is 2.30. The minimum absolute atomic E-state index is 0.0391. The van der Waals surface area contributed by atoms with Gasteiger partial charge in [-0.25, -0.2) is 9.78 Å². The zero-order valence-electron chi connectivity index (χ0n) is 13.3. The number of benzene rings is 1. The van der Waals surface area contributed by atoms with Crippen LogP contribution in [-0.2, 0) is 4.79 Å². The summed E-state index contributed by atoms with van der Waals surface area (Å²) in [5.74, 6) is -0.00300. The molecule has 0 aliphatic rings. The van der Waals surface area contributed by atoms with Crippen LogP contribution in [-0.4, -0.2) is 33.6 Å². The summed E-state index contributed by atoms with van der Waals surface area (Å²) in [7, 11) is 0. The Balaban J connectivity index is 1.98. The van der Waals surface area contributed by atoms with Crippen LogP contribution in [0.5, 0.6) is 0 Å². The van der Waals surface area contributed by atoms with Crippen LogP contribution >= 0.6 is 0 Å². The summed E-state index contributed by atoms with van der Waals surface area (Å²) >= 11 is 0. The summed E-state index contributed by atoms with van der Waals surface area (Å²) in [5.41, 5.74) is 1.79. The molecule has 1 atom stereocenters. The van der Waals surface area contributed by atoms with Crippen molar-refractivity contribution in [3.63, 3.8) is 0 Å². The van der Waals surface area contributed by atoms with E-state index >= 15 is 0 Å². The zero-order valence-corrected chi connectivity index (χ0v) is 13.3. The van der Waals surface area contributed by atoms with Gasteiger partial charge in [-0.3, -0.25) is 4.79 Å². The highest BCUT2D eigenvalue weighted by Crippen LogP contribution is 2.21. The number of para-hydroxylation sites is 2. The third kappa shape index (κ3) is 4.70. The second kappa shape index (κ2) is 7.62. The van der Waals surface area contributed by atoms with E-state index in [1.807, 2.05) is 38.1 Å². The summed E-state index contributed by atoms with van der Waals surface area (Å²) in [6, 6.07) is 7.13. The number of carboxylic acid groups (broad SMARTS) is 1. The minimum Gasteiger partial charge on any atom is -0.481 e. The molecule has 0 fully saturated rings. The number of aromatic amines is 1. The lowest BCUT2D eigenvalue weighted by molar-refractivity contribution is -0.137. The van der Waals surface area contributed by atoms with Crippen LogP contribution in [0.1, 0.15) is 38.6 Å². The lowest BCUT2D eigenvalue weighted by Gasteiger charge is -2.20. The molecule has 7 heteroatoms. The quantitative estimate of drug-likeness (QED) is 0.588. The smallest absolute Gasteiger partial charge is 0.315 e. The molecule has 0 aliphatic carbocycles. The Morgan fingerprint density at radius 1 is 1.30 bits per heavy atom. The molecule has 0 aliphatic heterocycles. The van der Waals surface area contributed by atoms with E-state index in [0.29, 0.717) is 18.8 Å². The molecule has 4 N–H and O–H groups in total. The van der Waals surface area contributed by atoms with Crippen molar-refractivity contribution in [2.45, 2.75) is 32.7 Å². The van der Waals surface area contributed by atoms with Crippen LogP contribution in [0.4, 0.5) is 4.79 Å². The number of hydrogen-bond donors (Lipinski definition) is 4.